The molecule has 0 bridgehead atoms. The number of H-pyrrole nitrogens is 1. The first-order valence-corrected chi connectivity index (χ1v) is 8.08. The molecule has 1 aliphatic rings. The van der Waals surface area contributed by atoms with E-state index in [1.807, 2.05) is 18.2 Å². The van der Waals surface area contributed by atoms with Gasteiger partial charge in [0.25, 0.3) is 5.56 Å². The molecule has 1 aromatic carbocycles. The van der Waals surface area contributed by atoms with Gasteiger partial charge in [-0.1, -0.05) is 30.3 Å². The van der Waals surface area contributed by atoms with Gasteiger partial charge in [0, 0.05) is 43.2 Å². The summed E-state index contributed by atoms with van der Waals surface area (Å²) in [4.78, 5) is 26.4. The highest BCUT2D eigenvalue weighted by molar-refractivity contribution is 5.53. The Morgan fingerprint density at radius 2 is 2.00 bits per heavy atom. The number of hydrogen-bond acceptors (Lipinski definition) is 4. The van der Waals surface area contributed by atoms with Gasteiger partial charge in [-0.25, -0.2) is 4.98 Å². The standard InChI is InChI=1S/C19H18N4O/c24-19-16-8-10-23(12-14-5-2-1-3-6-14)13-17(16)21-18(22-19)15-7-4-9-20-11-15/h1-7,9,11H,8,10,12-13H2,(H,21,22,24). The highest BCUT2D eigenvalue weighted by Crippen LogP contribution is 2.19. The molecule has 0 atom stereocenters. The number of fused-ring (bicyclic) bond motifs is 1. The van der Waals surface area contributed by atoms with E-state index in [4.69, 9.17) is 4.98 Å². The van der Waals surface area contributed by atoms with Crippen molar-refractivity contribution < 1.29 is 0 Å². The van der Waals surface area contributed by atoms with E-state index in [1.165, 1.54) is 5.56 Å². The van der Waals surface area contributed by atoms with Crippen molar-refractivity contribution >= 4 is 0 Å². The van der Waals surface area contributed by atoms with Gasteiger partial charge in [0.15, 0.2) is 0 Å². The fraction of sp³-hybridized carbons (Fsp3) is 0.211. The zero-order chi connectivity index (χ0) is 16.4. The Morgan fingerprint density at radius 1 is 1.12 bits per heavy atom. The van der Waals surface area contributed by atoms with Gasteiger partial charge >= 0.3 is 0 Å². The number of hydrogen-bond donors (Lipinski definition) is 1. The van der Waals surface area contributed by atoms with E-state index in [2.05, 4.69) is 39.1 Å². The third-order valence-electron chi connectivity index (χ3n) is 4.34. The van der Waals surface area contributed by atoms with Crippen LogP contribution in [0.4, 0.5) is 0 Å². The lowest BCUT2D eigenvalue weighted by molar-refractivity contribution is 0.240. The Morgan fingerprint density at radius 3 is 2.79 bits per heavy atom. The van der Waals surface area contributed by atoms with Gasteiger partial charge in [-0.05, 0) is 24.1 Å². The molecule has 0 saturated carbocycles. The first kappa shape index (κ1) is 14.8. The third-order valence-corrected chi connectivity index (χ3v) is 4.34. The molecule has 0 spiro atoms. The average Bonchev–Trinajstić information content (AvgIpc) is 2.63. The van der Waals surface area contributed by atoms with Crippen LogP contribution in [-0.2, 0) is 19.5 Å². The van der Waals surface area contributed by atoms with Crippen LogP contribution in [0.5, 0.6) is 0 Å². The second-order valence-corrected chi connectivity index (χ2v) is 6.03. The van der Waals surface area contributed by atoms with Crippen LogP contribution in [-0.4, -0.2) is 26.4 Å². The van der Waals surface area contributed by atoms with E-state index in [9.17, 15) is 4.79 Å². The van der Waals surface area contributed by atoms with Gasteiger partial charge in [0.05, 0.1) is 5.69 Å². The fourth-order valence-corrected chi connectivity index (χ4v) is 3.11. The molecule has 0 fully saturated rings. The molecule has 0 saturated heterocycles. The number of aromatic nitrogens is 3. The smallest absolute Gasteiger partial charge is 0.254 e. The van der Waals surface area contributed by atoms with Crippen LogP contribution < -0.4 is 5.56 Å². The maximum absolute atomic E-state index is 12.4. The van der Waals surface area contributed by atoms with Gasteiger partial charge in [-0.2, -0.15) is 0 Å². The summed E-state index contributed by atoms with van der Waals surface area (Å²) >= 11 is 0. The Kier molecular flexibility index (Phi) is 3.92. The predicted octanol–water partition coefficient (Wildman–Crippen LogP) is 2.39. The van der Waals surface area contributed by atoms with Crippen LogP contribution in [0.3, 0.4) is 0 Å². The quantitative estimate of drug-likeness (QED) is 0.805. The van der Waals surface area contributed by atoms with Gasteiger partial charge in [-0.3, -0.25) is 14.7 Å². The van der Waals surface area contributed by atoms with Gasteiger partial charge in [0.1, 0.15) is 5.82 Å². The molecular weight excluding hydrogens is 300 g/mol. The molecule has 1 aliphatic heterocycles. The van der Waals surface area contributed by atoms with Gasteiger partial charge < -0.3 is 4.98 Å². The molecule has 0 amide bonds. The van der Waals surface area contributed by atoms with Crippen LogP contribution in [0.15, 0.2) is 59.7 Å². The Hall–Kier alpha value is -2.79. The highest BCUT2D eigenvalue weighted by Gasteiger charge is 2.21. The molecular formula is C19H18N4O. The minimum absolute atomic E-state index is 0.0294. The number of nitrogens with zero attached hydrogens (tertiary/aromatic N) is 3. The Labute approximate surface area is 140 Å². The minimum Gasteiger partial charge on any atom is -0.306 e. The topological polar surface area (TPSA) is 61.9 Å². The van der Waals surface area contributed by atoms with Gasteiger partial charge in [0.2, 0.25) is 0 Å². The molecule has 0 radical (unpaired) electrons. The van der Waals surface area contributed by atoms with E-state index in [-0.39, 0.29) is 5.56 Å². The molecule has 5 nitrogen and oxygen atoms in total. The number of nitrogens with one attached hydrogen (secondary N) is 1. The fourth-order valence-electron chi connectivity index (χ4n) is 3.11. The summed E-state index contributed by atoms with van der Waals surface area (Å²) < 4.78 is 0. The Bertz CT molecular complexity index is 890. The van der Waals surface area contributed by atoms with Crippen molar-refractivity contribution in [1.29, 1.82) is 0 Å². The van der Waals surface area contributed by atoms with Crippen molar-refractivity contribution in [3.05, 3.63) is 82.0 Å². The number of rotatable bonds is 3. The van der Waals surface area contributed by atoms with Crippen LogP contribution in [0.1, 0.15) is 16.8 Å². The molecule has 5 heteroatoms. The maximum Gasteiger partial charge on any atom is 0.254 e. The van der Waals surface area contributed by atoms with E-state index in [0.717, 1.165) is 36.3 Å². The van der Waals surface area contributed by atoms with Crippen LogP contribution in [0.2, 0.25) is 0 Å². The van der Waals surface area contributed by atoms with Crippen molar-refractivity contribution in [2.75, 3.05) is 6.54 Å². The van der Waals surface area contributed by atoms with Crippen molar-refractivity contribution in [2.45, 2.75) is 19.5 Å². The molecule has 3 heterocycles. The van der Waals surface area contributed by atoms with E-state index in [1.54, 1.807) is 12.4 Å². The molecule has 3 aromatic rings. The second-order valence-electron chi connectivity index (χ2n) is 6.03. The summed E-state index contributed by atoms with van der Waals surface area (Å²) in [6, 6.07) is 14.1. The summed E-state index contributed by atoms with van der Waals surface area (Å²) in [6.07, 6.45) is 4.16. The molecule has 24 heavy (non-hydrogen) atoms. The van der Waals surface area contributed by atoms with Crippen molar-refractivity contribution in [3.8, 4) is 11.4 Å². The van der Waals surface area contributed by atoms with Crippen molar-refractivity contribution in [1.82, 2.24) is 19.9 Å². The lowest BCUT2D eigenvalue weighted by atomic mass is 10.1. The summed E-state index contributed by atoms with van der Waals surface area (Å²) in [5.74, 6) is 0.591. The Balaban J connectivity index is 1.62. The van der Waals surface area contributed by atoms with Crippen LogP contribution >= 0.6 is 0 Å². The molecule has 0 unspecified atom stereocenters. The monoisotopic (exact) mass is 318 g/mol. The van der Waals surface area contributed by atoms with Crippen LogP contribution in [0.25, 0.3) is 11.4 Å². The summed E-state index contributed by atoms with van der Waals surface area (Å²) in [5.41, 5.74) is 3.76. The minimum atomic E-state index is -0.0294. The summed E-state index contributed by atoms with van der Waals surface area (Å²) in [7, 11) is 0. The predicted molar refractivity (Wildman–Crippen MR) is 92.3 cm³/mol. The zero-order valence-electron chi connectivity index (χ0n) is 13.3. The normalized spacial score (nSPS) is 14.3. The molecule has 0 aliphatic carbocycles. The maximum atomic E-state index is 12.4. The van der Waals surface area contributed by atoms with Crippen molar-refractivity contribution in [3.63, 3.8) is 0 Å². The van der Waals surface area contributed by atoms with E-state index >= 15 is 0 Å². The number of benzene rings is 1. The average molecular weight is 318 g/mol. The van der Waals surface area contributed by atoms with E-state index in [0.29, 0.717) is 12.4 Å². The summed E-state index contributed by atoms with van der Waals surface area (Å²) in [5, 5.41) is 0. The number of pyridine rings is 1. The first-order valence-electron chi connectivity index (χ1n) is 8.08. The first-order chi connectivity index (χ1) is 11.8. The lowest BCUT2D eigenvalue weighted by Gasteiger charge is -2.27. The van der Waals surface area contributed by atoms with Crippen molar-refractivity contribution in [2.24, 2.45) is 0 Å². The second kappa shape index (κ2) is 6.37. The molecule has 120 valence electrons. The lowest BCUT2D eigenvalue weighted by Crippen LogP contribution is -2.35. The molecule has 2 aromatic heterocycles. The highest BCUT2D eigenvalue weighted by atomic mass is 16.1. The van der Waals surface area contributed by atoms with Gasteiger partial charge in [-0.15, -0.1) is 0 Å². The van der Waals surface area contributed by atoms with E-state index < -0.39 is 0 Å². The molecule has 4 rings (SSSR count). The van der Waals surface area contributed by atoms with Crippen LogP contribution in [0, 0.1) is 0 Å². The third kappa shape index (κ3) is 2.98. The zero-order valence-corrected chi connectivity index (χ0v) is 13.3. The molecule has 1 N–H and O–H groups in total. The number of aromatic amines is 1. The largest absolute Gasteiger partial charge is 0.306 e. The SMILES string of the molecule is O=c1[nH]c(-c2cccnc2)nc2c1CCN(Cc1ccccc1)C2. The summed E-state index contributed by atoms with van der Waals surface area (Å²) in [6.45, 7) is 2.44.